The van der Waals surface area contributed by atoms with Crippen LogP contribution in [0.5, 0.6) is 11.5 Å². The Hall–Kier alpha value is -2.53. The molecule has 1 unspecified atom stereocenters. The number of carbonyl (C=O) groups excluding carboxylic acids is 1. The number of amides is 1. The topological polar surface area (TPSA) is 89.8 Å². The SMILES string of the molecule is CC(O)c1ccccc1NC(=O)c1c(O)cccc1O. The molecule has 0 heterocycles. The number of hydrogen-bond donors (Lipinski definition) is 4. The molecule has 20 heavy (non-hydrogen) atoms. The number of carbonyl (C=O) groups is 1. The maximum atomic E-state index is 12.1. The zero-order chi connectivity index (χ0) is 14.7. The van der Waals surface area contributed by atoms with E-state index in [1.165, 1.54) is 18.2 Å². The second kappa shape index (κ2) is 5.63. The molecular formula is C15H15NO4. The Morgan fingerprint density at radius 3 is 2.25 bits per heavy atom. The lowest BCUT2D eigenvalue weighted by Crippen LogP contribution is -2.14. The quantitative estimate of drug-likeness (QED) is 0.691. The molecule has 104 valence electrons. The number of nitrogens with one attached hydrogen (secondary N) is 1. The van der Waals surface area contributed by atoms with Gasteiger partial charge in [0.2, 0.25) is 0 Å². The van der Waals surface area contributed by atoms with Gasteiger partial charge in [-0.05, 0) is 25.1 Å². The summed E-state index contributed by atoms with van der Waals surface area (Å²) >= 11 is 0. The fourth-order valence-electron chi connectivity index (χ4n) is 1.92. The summed E-state index contributed by atoms with van der Waals surface area (Å²) in [5.41, 5.74) is 0.777. The third kappa shape index (κ3) is 2.73. The minimum absolute atomic E-state index is 0.201. The van der Waals surface area contributed by atoms with Gasteiger partial charge in [-0.15, -0.1) is 0 Å². The summed E-state index contributed by atoms with van der Waals surface area (Å²) in [6.45, 7) is 1.59. The highest BCUT2D eigenvalue weighted by Gasteiger charge is 2.17. The van der Waals surface area contributed by atoms with Crippen LogP contribution in [0.3, 0.4) is 0 Å². The van der Waals surface area contributed by atoms with E-state index < -0.39 is 12.0 Å². The molecule has 0 aliphatic carbocycles. The predicted octanol–water partition coefficient (Wildman–Crippen LogP) is 2.40. The Labute approximate surface area is 116 Å². The first kappa shape index (κ1) is 13.9. The van der Waals surface area contributed by atoms with Crippen molar-refractivity contribution >= 4 is 11.6 Å². The minimum atomic E-state index is -0.746. The largest absolute Gasteiger partial charge is 0.507 e. The molecular weight excluding hydrogens is 258 g/mol. The minimum Gasteiger partial charge on any atom is -0.507 e. The van der Waals surface area contributed by atoms with Gasteiger partial charge in [0.1, 0.15) is 17.1 Å². The van der Waals surface area contributed by atoms with Gasteiger partial charge in [0, 0.05) is 11.3 Å². The molecule has 0 bridgehead atoms. The number of rotatable bonds is 3. The first-order valence-electron chi connectivity index (χ1n) is 6.10. The molecule has 5 nitrogen and oxygen atoms in total. The number of aliphatic hydroxyl groups is 1. The Kier molecular flexibility index (Phi) is 3.91. The summed E-state index contributed by atoms with van der Waals surface area (Å²) in [4.78, 5) is 12.1. The number of aliphatic hydroxyl groups excluding tert-OH is 1. The molecule has 0 spiro atoms. The van der Waals surface area contributed by atoms with Crippen LogP contribution in [0.1, 0.15) is 28.9 Å². The third-order valence-electron chi connectivity index (χ3n) is 2.91. The summed E-state index contributed by atoms with van der Waals surface area (Å²) in [5, 5.41) is 31.5. The van der Waals surface area contributed by atoms with Gasteiger partial charge in [-0.2, -0.15) is 0 Å². The molecule has 2 rings (SSSR count). The fraction of sp³-hybridized carbons (Fsp3) is 0.133. The number of phenols is 2. The van der Waals surface area contributed by atoms with Gasteiger partial charge in [-0.25, -0.2) is 0 Å². The molecule has 4 N–H and O–H groups in total. The van der Waals surface area contributed by atoms with Crippen LogP contribution in [0, 0.1) is 0 Å². The first-order chi connectivity index (χ1) is 9.50. The summed E-state index contributed by atoms with van der Waals surface area (Å²) in [7, 11) is 0. The summed E-state index contributed by atoms with van der Waals surface area (Å²) in [6.07, 6.45) is -0.746. The van der Waals surface area contributed by atoms with Crippen LogP contribution < -0.4 is 5.32 Å². The highest BCUT2D eigenvalue weighted by Crippen LogP contribution is 2.28. The lowest BCUT2D eigenvalue weighted by atomic mass is 10.1. The Bertz CT molecular complexity index is 617. The molecule has 0 radical (unpaired) electrons. The van der Waals surface area contributed by atoms with Crippen LogP contribution in [0.4, 0.5) is 5.69 Å². The van der Waals surface area contributed by atoms with E-state index in [4.69, 9.17) is 0 Å². The van der Waals surface area contributed by atoms with E-state index in [0.29, 0.717) is 11.3 Å². The van der Waals surface area contributed by atoms with Crippen molar-refractivity contribution in [2.24, 2.45) is 0 Å². The molecule has 2 aromatic rings. The molecule has 5 heteroatoms. The number of phenolic OH excluding ortho intramolecular Hbond substituents is 2. The van der Waals surface area contributed by atoms with Crippen LogP contribution in [0.2, 0.25) is 0 Å². The fourth-order valence-corrected chi connectivity index (χ4v) is 1.92. The maximum Gasteiger partial charge on any atom is 0.263 e. The zero-order valence-corrected chi connectivity index (χ0v) is 10.9. The number of benzene rings is 2. The van der Waals surface area contributed by atoms with Crippen LogP contribution in [0.25, 0.3) is 0 Å². The maximum absolute atomic E-state index is 12.1. The molecule has 0 saturated carbocycles. The molecule has 0 fully saturated rings. The Morgan fingerprint density at radius 2 is 1.65 bits per heavy atom. The molecule has 1 atom stereocenters. The number of anilines is 1. The number of para-hydroxylation sites is 1. The lowest BCUT2D eigenvalue weighted by molar-refractivity contribution is 0.102. The van der Waals surface area contributed by atoms with Crippen molar-refractivity contribution in [1.29, 1.82) is 0 Å². The van der Waals surface area contributed by atoms with Gasteiger partial charge in [0.05, 0.1) is 6.10 Å². The Balaban J connectivity index is 2.33. The average Bonchev–Trinajstić information content (AvgIpc) is 2.38. The number of hydrogen-bond acceptors (Lipinski definition) is 4. The van der Waals surface area contributed by atoms with Gasteiger partial charge in [-0.1, -0.05) is 24.3 Å². The lowest BCUT2D eigenvalue weighted by Gasteiger charge is -2.13. The zero-order valence-electron chi connectivity index (χ0n) is 10.9. The second-order valence-electron chi connectivity index (χ2n) is 4.39. The molecule has 0 aliphatic rings. The molecule has 0 saturated heterocycles. The standard InChI is InChI=1S/C15H15NO4/c1-9(17)10-5-2-3-6-11(10)16-15(20)14-12(18)7-4-8-13(14)19/h2-9,17-19H,1H3,(H,16,20). The van der Waals surface area contributed by atoms with Gasteiger partial charge in [-0.3, -0.25) is 4.79 Å². The molecule has 1 amide bonds. The van der Waals surface area contributed by atoms with Gasteiger partial charge in [0.15, 0.2) is 0 Å². The van der Waals surface area contributed by atoms with Crippen molar-refractivity contribution in [2.75, 3.05) is 5.32 Å². The van der Waals surface area contributed by atoms with E-state index >= 15 is 0 Å². The monoisotopic (exact) mass is 273 g/mol. The van der Waals surface area contributed by atoms with Crippen LogP contribution in [-0.4, -0.2) is 21.2 Å². The van der Waals surface area contributed by atoms with Crippen molar-refractivity contribution in [1.82, 2.24) is 0 Å². The van der Waals surface area contributed by atoms with E-state index in [0.717, 1.165) is 0 Å². The van der Waals surface area contributed by atoms with E-state index in [1.54, 1.807) is 31.2 Å². The molecule has 0 aliphatic heterocycles. The third-order valence-corrected chi connectivity index (χ3v) is 2.91. The van der Waals surface area contributed by atoms with Crippen LogP contribution >= 0.6 is 0 Å². The molecule has 0 aromatic heterocycles. The van der Waals surface area contributed by atoms with Crippen molar-refractivity contribution in [3.63, 3.8) is 0 Å². The van der Waals surface area contributed by atoms with Crippen molar-refractivity contribution < 1.29 is 20.1 Å². The van der Waals surface area contributed by atoms with Crippen molar-refractivity contribution in [3.05, 3.63) is 53.6 Å². The average molecular weight is 273 g/mol. The molecule has 2 aromatic carbocycles. The number of aromatic hydroxyl groups is 2. The Morgan fingerprint density at radius 1 is 1.05 bits per heavy atom. The van der Waals surface area contributed by atoms with Gasteiger partial charge < -0.3 is 20.6 Å². The highest BCUT2D eigenvalue weighted by atomic mass is 16.3. The first-order valence-corrected chi connectivity index (χ1v) is 6.10. The smallest absolute Gasteiger partial charge is 0.263 e. The second-order valence-corrected chi connectivity index (χ2v) is 4.39. The summed E-state index contributed by atoms with van der Waals surface area (Å²) < 4.78 is 0. The van der Waals surface area contributed by atoms with Crippen molar-refractivity contribution in [2.45, 2.75) is 13.0 Å². The predicted molar refractivity (Wildman–Crippen MR) is 74.8 cm³/mol. The highest BCUT2D eigenvalue weighted by molar-refractivity contribution is 6.08. The van der Waals surface area contributed by atoms with Crippen LogP contribution in [0.15, 0.2) is 42.5 Å². The summed E-state index contributed by atoms with van der Waals surface area (Å²) in [6, 6.07) is 10.8. The van der Waals surface area contributed by atoms with Gasteiger partial charge in [0.25, 0.3) is 5.91 Å². The summed E-state index contributed by atoms with van der Waals surface area (Å²) in [5.74, 6) is -1.26. The van der Waals surface area contributed by atoms with E-state index in [1.807, 2.05) is 0 Å². The van der Waals surface area contributed by atoms with Gasteiger partial charge >= 0.3 is 0 Å². The van der Waals surface area contributed by atoms with Crippen LogP contribution in [-0.2, 0) is 0 Å². The normalized spacial score (nSPS) is 11.9. The van der Waals surface area contributed by atoms with E-state index in [2.05, 4.69) is 5.32 Å². The van der Waals surface area contributed by atoms with E-state index in [9.17, 15) is 20.1 Å². The van der Waals surface area contributed by atoms with E-state index in [-0.39, 0.29) is 17.1 Å². The van der Waals surface area contributed by atoms with Crippen molar-refractivity contribution in [3.8, 4) is 11.5 Å².